The van der Waals surface area contributed by atoms with Crippen molar-refractivity contribution in [1.82, 2.24) is 19.8 Å². The molecule has 0 unspecified atom stereocenters. The summed E-state index contributed by atoms with van der Waals surface area (Å²) in [6.07, 6.45) is 4.12. The first-order chi connectivity index (χ1) is 13.5. The second kappa shape index (κ2) is 9.33. The number of amides is 1. The second-order valence-electron chi connectivity index (χ2n) is 7.26. The molecule has 0 radical (unpaired) electrons. The van der Waals surface area contributed by atoms with E-state index in [1.807, 2.05) is 55.5 Å². The molecule has 5 nitrogen and oxygen atoms in total. The SMILES string of the molecule is Cc1ccc(/C=C/C(=O)NCCc2nc3ccccc3n2CCN(C)C)cc1. The fourth-order valence-corrected chi connectivity index (χ4v) is 3.07. The van der Waals surface area contributed by atoms with E-state index in [9.17, 15) is 4.79 Å². The first-order valence-electron chi connectivity index (χ1n) is 9.64. The third-order valence-electron chi connectivity index (χ3n) is 4.66. The molecule has 3 aromatic rings. The summed E-state index contributed by atoms with van der Waals surface area (Å²) in [6, 6.07) is 16.3. The van der Waals surface area contributed by atoms with Gasteiger partial charge in [0.25, 0.3) is 0 Å². The molecule has 2 aromatic carbocycles. The van der Waals surface area contributed by atoms with E-state index in [-0.39, 0.29) is 5.91 Å². The van der Waals surface area contributed by atoms with Gasteiger partial charge in [-0.1, -0.05) is 42.0 Å². The number of nitrogens with zero attached hydrogens (tertiary/aromatic N) is 3. The van der Waals surface area contributed by atoms with E-state index < -0.39 is 0 Å². The number of imidazole rings is 1. The van der Waals surface area contributed by atoms with Crippen molar-refractivity contribution in [3.63, 3.8) is 0 Å². The molecular formula is C23H28N4O. The minimum absolute atomic E-state index is 0.0865. The quantitative estimate of drug-likeness (QED) is 0.614. The maximum absolute atomic E-state index is 12.1. The lowest BCUT2D eigenvalue weighted by Gasteiger charge is -2.13. The number of aryl methyl sites for hydroxylation is 1. The minimum Gasteiger partial charge on any atom is -0.352 e. The lowest BCUT2D eigenvalue weighted by atomic mass is 10.1. The minimum atomic E-state index is -0.0865. The van der Waals surface area contributed by atoms with Gasteiger partial charge in [0.2, 0.25) is 5.91 Å². The highest BCUT2D eigenvalue weighted by Crippen LogP contribution is 2.16. The van der Waals surface area contributed by atoms with Gasteiger partial charge in [-0.15, -0.1) is 0 Å². The van der Waals surface area contributed by atoms with Crippen molar-refractivity contribution in [3.05, 3.63) is 71.6 Å². The maximum atomic E-state index is 12.1. The highest BCUT2D eigenvalue weighted by molar-refractivity contribution is 5.91. The highest BCUT2D eigenvalue weighted by atomic mass is 16.1. The summed E-state index contributed by atoms with van der Waals surface area (Å²) in [7, 11) is 4.14. The summed E-state index contributed by atoms with van der Waals surface area (Å²) in [5.41, 5.74) is 4.37. The third-order valence-corrected chi connectivity index (χ3v) is 4.66. The van der Waals surface area contributed by atoms with Gasteiger partial charge in [0.05, 0.1) is 11.0 Å². The largest absolute Gasteiger partial charge is 0.352 e. The van der Waals surface area contributed by atoms with Crippen LogP contribution < -0.4 is 5.32 Å². The van der Waals surface area contributed by atoms with Gasteiger partial charge in [-0.25, -0.2) is 4.98 Å². The lowest BCUT2D eigenvalue weighted by molar-refractivity contribution is -0.116. The van der Waals surface area contributed by atoms with Crippen LogP contribution >= 0.6 is 0 Å². The van der Waals surface area contributed by atoms with E-state index in [0.717, 1.165) is 35.5 Å². The van der Waals surface area contributed by atoms with E-state index in [4.69, 9.17) is 4.98 Å². The zero-order valence-corrected chi connectivity index (χ0v) is 16.9. The first-order valence-corrected chi connectivity index (χ1v) is 9.64. The van der Waals surface area contributed by atoms with Crippen molar-refractivity contribution in [2.45, 2.75) is 19.9 Å². The number of fused-ring (bicyclic) bond motifs is 1. The van der Waals surface area contributed by atoms with Crippen LogP contribution in [-0.4, -0.2) is 47.5 Å². The van der Waals surface area contributed by atoms with Crippen LogP contribution in [0.15, 0.2) is 54.6 Å². The van der Waals surface area contributed by atoms with Gasteiger partial charge in [-0.3, -0.25) is 4.79 Å². The molecule has 1 N–H and O–H groups in total. The van der Waals surface area contributed by atoms with Crippen LogP contribution in [0.4, 0.5) is 0 Å². The van der Waals surface area contributed by atoms with Crippen LogP contribution in [0.1, 0.15) is 17.0 Å². The Kier molecular flexibility index (Phi) is 6.61. The van der Waals surface area contributed by atoms with Crippen LogP contribution in [0.2, 0.25) is 0 Å². The van der Waals surface area contributed by atoms with Crippen molar-refractivity contribution in [3.8, 4) is 0 Å². The van der Waals surface area contributed by atoms with Crippen molar-refractivity contribution in [2.24, 2.45) is 0 Å². The summed E-state index contributed by atoms with van der Waals surface area (Å²) in [5.74, 6) is 0.919. The smallest absolute Gasteiger partial charge is 0.244 e. The van der Waals surface area contributed by atoms with Crippen LogP contribution in [0.3, 0.4) is 0 Å². The summed E-state index contributed by atoms with van der Waals surface area (Å²) in [6.45, 7) is 4.43. The molecule has 0 saturated heterocycles. The van der Waals surface area contributed by atoms with Crippen molar-refractivity contribution in [2.75, 3.05) is 27.2 Å². The monoisotopic (exact) mass is 376 g/mol. The fraction of sp³-hybridized carbons (Fsp3) is 0.304. The van der Waals surface area contributed by atoms with Crippen LogP contribution in [0.25, 0.3) is 17.1 Å². The van der Waals surface area contributed by atoms with Crippen molar-refractivity contribution >= 4 is 23.0 Å². The van der Waals surface area contributed by atoms with Gasteiger partial charge < -0.3 is 14.8 Å². The number of para-hydroxylation sites is 2. The zero-order chi connectivity index (χ0) is 19.9. The number of likely N-dealkylation sites (N-methyl/N-ethyl adjacent to an activating group) is 1. The number of aromatic nitrogens is 2. The Morgan fingerprint density at radius 1 is 1.14 bits per heavy atom. The van der Waals surface area contributed by atoms with Gasteiger partial charge in [0.1, 0.15) is 5.82 Å². The van der Waals surface area contributed by atoms with Crippen molar-refractivity contribution in [1.29, 1.82) is 0 Å². The van der Waals surface area contributed by atoms with Gasteiger partial charge in [0.15, 0.2) is 0 Å². The molecule has 3 rings (SSSR count). The fourth-order valence-electron chi connectivity index (χ4n) is 3.07. The molecule has 0 saturated carbocycles. The summed E-state index contributed by atoms with van der Waals surface area (Å²) in [5, 5.41) is 2.96. The number of benzene rings is 2. The van der Waals surface area contributed by atoms with E-state index in [2.05, 4.69) is 34.9 Å². The van der Waals surface area contributed by atoms with Gasteiger partial charge in [-0.05, 0) is 44.8 Å². The zero-order valence-electron chi connectivity index (χ0n) is 16.9. The van der Waals surface area contributed by atoms with Crippen LogP contribution in [0.5, 0.6) is 0 Å². The molecule has 0 bridgehead atoms. The molecule has 0 spiro atoms. The standard InChI is InChI=1S/C23H28N4O/c1-18-8-10-19(11-9-18)12-13-23(28)24-15-14-22-25-20-6-4-5-7-21(20)27(22)17-16-26(2)3/h4-13H,14-17H2,1-3H3,(H,24,28)/b13-12+. The summed E-state index contributed by atoms with van der Waals surface area (Å²) in [4.78, 5) is 19.0. The molecule has 146 valence electrons. The molecule has 28 heavy (non-hydrogen) atoms. The van der Waals surface area contributed by atoms with E-state index in [1.165, 1.54) is 5.56 Å². The second-order valence-corrected chi connectivity index (χ2v) is 7.26. The first kappa shape index (κ1) is 19.8. The normalized spacial score (nSPS) is 11.6. The van der Waals surface area contributed by atoms with Gasteiger partial charge in [0, 0.05) is 32.1 Å². The number of hydrogen-bond donors (Lipinski definition) is 1. The number of nitrogens with one attached hydrogen (secondary N) is 1. The number of rotatable bonds is 8. The molecule has 0 aliphatic rings. The number of hydrogen-bond acceptors (Lipinski definition) is 3. The van der Waals surface area contributed by atoms with Crippen molar-refractivity contribution < 1.29 is 4.79 Å². The topological polar surface area (TPSA) is 50.2 Å². The molecule has 0 fully saturated rings. The van der Waals surface area contributed by atoms with Gasteiger partial charge >= 0.3 is 0 Å². The highest BCUT2D eigenvalue weighted by Gasteiger charge is 2.10. The Balaban J connectivity index is 1.60. The average molecular weight is 377 g/mol. The molecule has 0 aliphatic heterocycles. The number of carbonyl (C=O) groups excluding carboxylic acids is 1. The Morgan fingerprint density at radius 3 is 2.64 bits per heavy atom. The van der Waals surface area contributed by atoms with E-state index >= 15 is 0 Å². The molecule has 1 amide bonds. The van der Waals surface area contributed by atoms with Gasteiger partial charge in [-0.2, -0.15) is 0 Å². The average Bonchev–Trinajstić information content (AvgIpc) is 3.03. The Labute approximate surface area is 166 Å². The molecule has 0 aliphatic carbocycles. The third kappa shape index (κ3) is 5.30. The Bertz CT molecular complexity index is 954. The van der Waals surface area contributed by atoms with Crippen LogP contribution in [0, 0.1) is 6.92 Å². The lowest BCUT2D eigenvalue weighted by Crippen LogP contribution is -2.25. The maximum Gasteiger partial charge on any atom is 0.244 e. The number of carbonyl (C=O) groups is 1. The Hall–Kier alpha value is -2.92. The molecule has 1 aromatic heterocycles. The predicted molar refractivity (Wildman–Crippen MR) is 115 cm³/mol. The Morgan fingerprint density at radius 2 is 1.89 bits per heavy atom. The van der Waals surface area contributed by atoms with Crippen LogP contribution in [-0.2, 0) is 17.8 Å². The van der Waals surface area contributed by atoms with E-state index in [1.54, 1.807) is 6.08 Å². The summed E-state index contributed by atoms with van der Waals surface area (Å²) >= 11 is 0. The molecule has 0 atom stereocenters. The predicted octanol–water partition coefficient (Wildman–Crippen LogP) is 3.28. The molecule has 5 heteroatoms. The molecular weight excluding hydrogens is 348 g/mol. The summed E-state index contributed by atoms with van der Waals surface area (Å²) < 4.78 is 2.25. The van der Waals surface area contributed by atoms with E-state index in [0.29, 0.717) is 13.0 Å². The molecule has 1 heterocycles.